The Bertz CT molecular complexity index is 610. The third-order valence-electron chi connectivity index (χ3n) is 3.26. The summed E-state index contributed by atoms with van der Waals surface area (Å²) in [6.07, 6.45) is 2.44. The molecular formula is C16H17NO3. The molecule has 0 radical (unpaired) electrons. The minimum Gasteiger partial charge on any atom is -0.478 e. The minimum absolute atomic E-state index is 0.163. The van der Waals surface area contributed by atoms with Crippen LogP contribution in [0.2, 0.25) is 0 Å². The van der Waals surface area contributed by atoms with Crippen LogP contribution in [0.25, 0.3) is 0 Å². The molecule has 0 spiro atoms. The summed E-state index contributed by atoms with van der Waals surface area (Å²) in [6.45, 7) is 4.24. The first-order valence-electron chi connectivity index (χ1n) is 6.58. The van der Waals surface area contributed by atoms with Crippen LogP contribution in [0.3, 0.4) is 0 Å². The Morgan fingerprint density at radius 2 is 2.10 bits per heavy atom. The van der Waals surface area contributed by atoms with E-state index in [0.717, 1.165) is 17.7 Å². The van der Waals surface area contributed by atoms with Gasteiger partial charge in [0.2, 0.25) is 5.88 Å². The first-order valence-corrected chi connectivity index (χ1v) is 6.58. The van der Waals surface area contributed by atoms with E-state index in [9.17, 15) is 4.79 Å². The largest absolute Gasteiger partial charge is 0.478 e. The Balaban J connectivity index is 2.30. The van der Waals surface area contributed by atoms with Gasteiger partial charge in [-0.25, -0.2) is 9.78 Å². The number of carboxylic acids is 1. The first kappa shape index (κ1) is 14.1. The molecule has 0 aliphatic rings. The summed E-state index contributed by atoms with van der Waals surface area (Å²) in [5.74, 6) is 0.388. The third-order valence-corrected chi connectivity index (χ3v) is 3.26. The van der Waals surface area contributed by atoms with E-state index in [-0.39, 0.29) is 5.56 Å². The Morgan fingerprint density at radius 3 is 2.80 bits per heavy atom. The zero-order valence-corrected chi connectivity index (χ0v) is 11.5. The Hall–Kier alpha value is -2.36. The maximum absolute atomic E-state index is 10.9. The number of pyridine rings is 1. The number of carbonyl (C=O) groups is 1. The molecule has 0 aliphatic heterocycles. The highest BCUT2D eigenvalue weighted by molar-refractivity contribution is 5.87. The molecule has 2 aromatic rings. The second kappa shape index (κ2) is 6.19. The van der Waals surface area contributed by atoms with Gasteiger partial charge in [0.1, 0.15) is 5.75 Å². The Labute approximate surface area is 118 Å². The summed E-state index contributed by atoms with van der Waals surface area (Å²) in [6, 6.07) is 10.6. The molecule has 2 rings (SSSR count). The lowest BCUT2D eigenvalue weighted by molar-refractivity contribution is 0.0696. The second-order valence-electron chi connectivity index (χ2n) is 4.64. The number of ether oxygens (including phenoxy) is 1. The molecule has 0 bridgehead atoms. The van der Waals surface area contributed by atoms with Gasteiger partial charge >= 0.3 is 5.97 Å². The van der Waals surface area contributed by atoms with Crippen molar-refractivity contribution in [3.05, 3.63) is 53.7 Å². The second-order valence-corrected chi connectivity index (χ2v) is 4.64. The predicted molar refractivity (Wildman–Crippen MR) is 76.4 cm³/mol. The van der Waals surface area contributed by atoms with Gasteiger partial charge in [-0.15, -0.1) is 0 Å². The summed E-state index contributed by atoms with van der Waals surface area (Å²) in [7, 11) is 0. The molecule has 20 heavy (non-hydrogen) atoms. The van der Waals surface area contributed by atoms with Crippen LogP contribution in [0.4, 0.5) is 0 Å². The number of aromatic carboxylic acids is 1. The number of nitrogens with zero attached hydrogens (tertiary/aromatic N) is 1. The minimum atomic E-state index is -0.993. The average Bonchev–Trinajstić information content (AvgIpc) is 2.47. The van der Waals surface area contributed by atoms with Crippen molar-refractivity contribution in [1.82, 2.24) is 4.98 Å². The smallest absolute Gasteiger partial charge is 0.335 e. The highest BCUT2D eigenvalue weighted by Crippen LogP contribution is 2.31. The molecule has 1 aromatic heterocycles. The van der Waals surface area contributed by atoms with Gasteiger partial charge in [-0.1, -0.05) is 32.0 Å². The summed E-state index contributed by atoms with van der Waals surface area (Å²) in [4.78, 5) is 15.0. The van der Waals surface area contributed by atoms with Crippen molar-refractivity contribution in [1.29, 1.82) is 0 Å². The lowest BCUT2D eigenvalue weighted by Crippen LogP contribution is -2.00. The molecule has 0 fully saturated rings. The van der Waals surface area contributed by atoms with Crippen molar-refractivity contribution in [2.45, 2.75) is 26.2 Å². The van der Waals surface area contributed by atoms with Crippen LogP contribution in [0.15, 0.2) is 42.6 Å². The Kier molecular flexibility index (Phi) is 4.35. The van der Waals surface area contributed by atoms with E-state index >= 15 is 0 Å². The maximum Gasteiger partial charge on any atom is 0.335 e. The van der Waals surface area contributed by atoms with Crippen LogP contribution in [0.1, 0.15) is 42.1 Å². The molecule has 1 atom stereocenters. The van der Waals surface area contributed by atoms with Gasteiger partial charge in [0, 0.05) is 12.3 Å². The molecule has 0 amide bonds. The van der Waals surface area contributed by atoms with E-state index in [1.807, 2.05) is 24.3 Å². The van der Waals surface area contributed by atoms with Crippen molar-refractivity contribution in [2.24, 2.45) is 0 Å². The van der Waals surface area contributed by atoms with Crippen LogP contribution in [-0.2, 0) is 0 Å². The highest BCUT2D eigenvalue weighted by atomic mass is 16.5. The van der Waals surface area contributed by atoms with Crippen LogP contribution >= 0.6 is 0 Å². The van der Waals surface area contributed by atoms with E-state index < -0.39 is 5.97 Å². The predicted octanol–water partition coefficient (Wildman–Crippen LogP) is 4.09. The van der Waals surface area contributed by atoms with E-state index in [2.05, 4.69) is 18.8 Å². The molecule has 4 nitrogen and oxygen atoms in total. The number of hydrogen-bond donors (Lipinski definition) is 1. The zero-order chi connectivity index (χ0) is 14.5. The van der Waals surface area contributed by atoms with E-state index in [1.54, 1.807) is 0 Å². The fourth-order valence-corrected chi connectivity index (χ4v) is 1.91. The van der Waals surface area contributed by atoms with Gasteiger partial charge in [0.15, 0.2) is 0 Å². The molecule has 1 aromatic carbocycles. The van der Waals surface area contributed by atoms with E-state index in [1.165, 1.54) is 18.3 Å². The zero-order valence-electron chi connectivity index (χ0n) is 11.5. The van der Waals surface area contributed by atoms with Crippen LogP contribution in [0, 0.1) is 0 Å². The molecule has 0 aliphatic carbocycles. The number of rotatable bonds is 5. The van der Waals surface area contributed by atoms with Gasteiger partial charge in [-0.3, -0.25) is 0 Å². The number of hydrogen-bond acceptors (Lipinski definition) is 3. The standard InChI is InChI=1S/C16H17NO3/c1-3-11(2)13-6-4-5-7-14(13)20-15-10-12(16(18)19)8-9-17-15/h4-11H,3H2,1-2H3,(H,18,19). The fraction of sp³-hybridized carbons (Fsp3) is 0.250. The van der Waals surface area contributed by atoms with Gasteiger partial charge in [0.05, 0.1) is 5.56 Å². The highest BCUT2D eigenvalue weighted by Gasteiger charge is 2.12. The number of aromatic nitrogens is 1. The van der Waals surface area contributed by atoms with Gasteiger partial charge in [-0.2, -0.15) is 0 Å². The molecule has 1 unspecified atom stereocenters. The molecule has 4 heteroatoms. The van der Waals surface area contributed by atoms with Gasteiger partial charge in [0.25, 0.3) is 0 Å². The third kappa shape index (κ3) is 3.15. The van der Waals surface area contributed by atoms with Crippen molar-refractivity contribution in [3.63, 3.8) is 0 Å². The topological polar surface area (TPSA) is 59.4 Å². The Morgan fingerprint density at radius 1 is 1.35 bits per heavy atom. The number of benzene rings is 1. The van der Waals surface area contributed by atoms with E-state index in [4.69, 9.17) is 9.84 Å². The maximum atomic E-state index is 10.9. The normalized spacial score (nSPS) is 11.9. The molecule has 0 saturated carbocycles. The number of para-hydroxylation sites is 1. The van der Waals surface area contributed by atoms with Crippen LogP contribution < -0.4 is 4.74 Å². The summed E-state index contributed by atoms with van der Waals surface area (Å²) >= 11 is 0. The van der Waals surface area contributed by atoms with Crippen molar-refractivity contribution < 1.29 is 14.6 Å². The van der Waals surface area contributed by atoms with E-state index in [0.29, 0.717) is 11.8 Å². The quantitative estimate of drug-likeness (QED) is 0.890. The van der Waals surface area contributed by atoms with Crippen molar-refractivity contribution in [2.75, 3.05) is 0 Å². The van der Waals surface area contributed by atoms with Gasteiger partial charge in [-0.05, 0) is 30.0 Å². The van der Waals surface area contributed by atoms with Crippen LogP contribution in [-0.4, -0.2) is 16.1 Å². The average molecular weight is 271 g/mol. The van der Waals surface area contributed by atoms with Crippen molar-refractivity contribution >= 4 is 5.97 Å². The SMILES string of the molecule is CCC(C)c1ccccc1Oc1cc(C(=O)O)ccn1. The van der Waals surface area contributed by atoms with Gasteiger partial charge < -0.3 is 9.84 Å². The monoisotopic (exact) mass is 271 g/mol. The molecule has 1 N–H and O–H groups in total. The molecule has 104 valence electrons. The lowest BCUT2D eigenvalue weighted by atomic mass is 9.98. The van der Waals surface area contributed by atoms with Crippen LogP contribution in [0.5, 0.6) is 11.6 Å². The molecule has 1 heterocycles. The summed E-state index contributed by atoms with van der Waals surface area (Å²) in [5.41, 5.74) is 1.26. The molecule has 0 saturated heterocycles. The number of carboxylic acid groups (broad SMARTS) is 1. The van der Waals surface area contributed by atoms with Crippen molar-refractivity contribution in [3.8, 4) is 11.6 Å². The fourth-order valence-electron chi connectivity index (χ4n) is 1.91. The first-order chi connectivity index (χ1) is 9.61. The lowest BCUT2D eigenvalue weighted by Gasteiger charge is -2.14. The summed E-state index contributed by atoms with van der Waals surface area (Å²) in [5, 5.41) is 8.97. The summed E-state index contributed by atoms with van der Waals surface area (Å²) < 4.78 is 5.75. The molecular weight excluding hydrogens is 254 g/mol.